The van der Waals surface area contributed by atoms with Crippen LogP contribution in [0.25, 0.3) is 11.1 Å². The second-order valence-corrected chi connectivity index (χ2v) is 23.3. The molecule has 52 heavy (non-hydrogen) atoms. The summed E-state index contributed by atoms with van der Waals surface area (Å²) < 4.78 is 6.13. The smallest absolute Gasteiger partial charge is 0.0625 e. The quantitative estimate of drug-likeness (QED) is 0.160. The van der Waals surface area contributed by atoms with E-state index in [2.05, 4.69) is 166 Å². The van der Waals surface area contributed by atoms with Crippen LogP contribution in [0.2, 0.25) is 0 Å². The second-order valence-electron chi connectivity index (χ2n) is 19.5. The minimum atomic E-state index is -1.37. The van der Waals surface area contributed by atoms with Crippen LogP contribution in [0.5, 0.6) is 0 Å². The lowest BCUT2D eigenvalue weighted by atomic mass is 9.85. The van der Waals surface area contributed by atoms with Crippen LogP contribution >= 0.6 is 10.0 Å². The van der Waals surface area contributed by atoms with Gasteiger partial charge in [0.2, 0.25) is 0 Å². The van der Waals surface area contributed by atoms with Gasteiger partial charge in [0, 0.05) is 35.8 Å². The molecule has 0 aromatic heterocycles. The molecule has 3 heteroatoms. The van der Waals surface area contributed by atoms with E-state index in [0.29, 0.717) is 22.5 Å². The maximum atomic E-state index is 6.13. The van der Waals surface area contributed by atoms with Crippen LogP contribution in [0.1, 0.15) is 155 Å². The Morgan fingerprint density at radius 1 is 0.635 bits per heavy atom. The molecule has 4 atom stereocenters. The number of benzene rings is 4. The fourth-order valence-electron chi connectivity index (χ4n) is 9.78. The maximum absolute atomic E-state index is 6.13. The van der Waals surface area contributed by atoms with Crippen molar-refractivity contribution < 1.29 is 4.74 Å². The molecule has 0 saturated heterocycles. The van der Waals surface area contributed by atoms with Crippen molar-refractivity contribution >= 4 is 15.7 Å². The normalized spacial score (nSPS) is 21.3. The maximum Gasteiger partial charge on any atom is 0.0625 e. The molecule has 1 aliphatic heterocycles. The average molecular weight is 716 g/mol. The van der Waals surface area contributed by atoms with E-state index < -0.39 is 10.0 Å². The van der Waals surface area contributed by atoms with Crippen LogP contribution in [0.15, 0.2) is 78.9 Å². The van der Waals surface area contributed by atoms with Gasteiger partial charge >= 0.3 is 0 Å². The van der Waals surface area contributed by atoms with E-state index in [1.807, 2.05) is 0 Å². The van der Waals surface area contributed by atoms with E-state index in [0.717, 1.165) is 13.0 Å². The van der Waals surface area contributed by atoms with Crippen molar-refractivity contribution in [2.45, 2.75) is 134 Å². The molecule has 0 spiro atoms. The number of nitrogens with zero attached hydrogens (tertiary/aromatic N) is 1. The predicted octanol–water partition coefficient (Wildman–Crippen LogP) is 13.5. The van der Waals surface area contributed by atoms with E-state index in [9.17, 15) is 0 Å². The minimum Gasteiger partial charge on any atom is -0.376 e. The van der Waals surface area contributed by atoms with E-state index >= 15 is 0 Å². The van der Waals surface area contributed by atoms with Gasteiger partial charge in [-0.05, 0) is 120 Å². The van der Waals surface area contributed by atoms with Crippen LogP contribution in [0.4, 0.5) is 5.69 Å². The van der Waals surface area contributed by atoms with E-state index in [1.54, 1.807) is 27.8 Å². The van der Waals surface area contributed by atoms with Crippen LogP contribution in [-0.2, 0) is 15.6 Å². The van der Waals surface area contributed by atoms with Crippen LogP contribution < -0.4 is 4.90 Å². The molecule has 0 radical (unpaired) electrons. The number of aryl methyl sites for hydroxylation is 1. The fraction of sp³-hybridized carbons (Fsp3) is 0.510. The summed E-state index contributed by atoms with van der Waals surface area (Å²) in [6.07, 6.45) is 7.67. The lowest BCUT2D eigenvalue weighted by Gasteiger charge is -2.50. The highest BCUT2D eigenvalue weighted by Crippen LogP contribution is 2.80. The minimum absolute atomic E-state index is 0.0702. The number of hydrogen-bond acceptors (Lipinski definition) is 2. The molecule has 1 heterocycles. The lowest BCUT2D eigenvalue weighted by molar-refractivity contribution is -0.00471. The van der Waals surface area contributed by atoms with Gasteiger partial charge in [-0.3, -0.25) is 0 Å². The number of hydrogen-bond donors (Lipinski definition) is 0. The van der Waals surface area contributed by atoms with Crippen molar-refractivity contribution in [3.8, 4) is 11.1 Å². The molecule has 7 rings (SSSR count). The van der Waals surface area contributed by atoms with Crippen molar-refractivity contribution in [2.24, 2.45) is 0 Å². The largest absolute Gasteiger partial charge is 0.376 e. The van der Waals surface area contributed by atoms with Gasteiger partial charge in [0.15, 0.2) is 0 Å². The summed E-state index contributed by atoms with van der Waals surface area (Å²) in [5.74, 6) is 1.71. The van der Waals surface area contributed by atoms with Gasteiger partial charge in [0.25, 0.3) is 0 Å². The molecule has 0 fully saturated rings. The van der Waals surface area contributed by atoms with E-state index in [4.69, 9.17) is 4.74 Å². The summed E-state index contributed by atoms with van der Waals surface area (Å²) >= 11 is 0. The first-order valence-corrected chi connectivity index (χ1v) is 22.3. The summed E-state index contributed by atoms with van der Waals surface area (Å²) in [6.45, 7) is 23.9. The standard InChI is InChI=1S/C49H65NOS/c1-32-21-26-42-41(29-32)43-44(50(42)11)37-19-15-16-20-38(37)46(43)52(12,28-18-14-13-17-27-51-49(8,9)10)45-39-30-33(47(2,3)4)22-24-35(39)36-25-23-34(31-40(36)45)48(5,6)7/h15-16,19-26,29-31,43-46H,13-14,17-18,27-28H2,1-12H3. The number of likely N-dealkylation sites (N-methyl/N-ethyl adjacent to an activating group) is 1. The van der Waals surface area contributed by atoms with Gasteiger partial charge in [-0.15, -0.1) is 0 Å². The van der Waals surface area contributed by atoms with Crippen LogP contribution in [-0.4, -0.2) is 31.3 Å². The zero-order valence-electron chi connectivity index (χ0n) is 34.3. The summed E-state index contributed by atoms with van der Waals surface area (Å²) in [7, 11) is 0.989. The fourth-order valence-corrected chi connectivity index (χ4v) is 14.7. The third-order valence-corrected chi connectivity index (χ3v) is 16.9. The number of anilines is 1. The van der Waals surface area contributed by atoms with Crippen LogP contribution in [0, 0.1) is 6.92 Å². The highest BCUT2D eigenvalue weighted by Gasteiger charge is 2.56. The molecular formula is C49H65NOS. The Kier molecular flexibility index (Phi) is 9.60. The number of ether oxygens (including phenoxy) is 1. The molecular weight excluding hydrogens is 651 g/mol. The molecule has 0 N–H and O–H groups in total. The lowest BCUT2D eigenvalue weighted by Crippen LogP contribution is -2.25. The Morgan fingerprint density at radius 2 is 1.21 bits per heavy atom. The Bertz CT molecular complexity index is 1890. The second kappa shape index (κ2) is 13.4. The molecule has 0 bridgehead atoms. The topological polar surface area (TPSA) is 12.5 Å². The Hall–Kier alpha value is -3.01. The molecule has 0 saturated carbocycles. The van der Waals surface area contributed by atoms with Gasteiger partial charge in [0.1, 0.15) is 0 Å². The third-order valence-electron chi connectivity index (χ3n) is 12.4. The van der Waals surface area contributed by atoms with E-state index in [-0.39, 0.29) is 16.4 Å². The molecule has 278 valence electrons. The SMILES string of the molecule is Cc1ccc2c(c1)C1C(c3ccccc3C1S(C)(CCCCCCOC(C)(C)C)C1c3cc(C(C)(C)C)ccc3-c3ccc(C(C)(C)C)cc31)N2C. The highest BCUT2D eigenvalue weighted by atomic mass is 32.3. The predicted molar refractivity (Wildman–Crippen MR) is 228 cm³/mol. The summed E-state index contributed by atoms with van der Waals surface area (Å²) in [5.41, 5.74) is 16.6. The molecule has 3 aliphatic rings. The van der Waals surface area contributed by atoms with Gasteiger partial charge < -0.3 is 9.64 Å². The summed E-state index contributed by atoms with van der Waals surface area (Å²) in [6, 6.07) is 32.3. The third kappa shape index (κ3) is 6.57. The van der Waals surface area contributed by atoms with Crippen molar-refractivity contribution in [1.82, 2.24) is 0 Å². The number of rotatable bonds is 9. The highest BCUT2D eigenvalue weighted by molar-refractivity contribution is 8.33. The Labute approximate surface area is 318 Å². The monoisotopic (exact) mass is 715 g/mol. The van der Waals surface area contributed by atoms with Gasteiger partial charge in [-0.2, -0.15) is 0 Å². The summed E-state index contributed by atoms with van der Waals surface area (Å²) in [4.78, 5) is 2.62. The first kappa shape index (κ1) is 37.3. The molecule has 0 amide bonds. The zero-order valence-corrected chi connectivity index (χ0v) is 35.1. The number of fused-ring (bicyclic) bond motifs is 8. The van der Waals surface area contributed by atoms with Crippen molar-refractivity contribution in [3.63, 3.8) is 0 Å². The molecule has 2 nitrogen and oxygen atoms in total. The van der Waals surface area contributed by atoms with Crippen molar-refractivity contribution in [2.75, 3.05) is 30.6 Å². The van der Waals surface area contributed by atoms with Crippen molar-refractivity contribution in [1.29, 1.82) is 0 Å². The Balaban J connectivity index is 1.41. The molecule has 4 aromatic carbocycles. The average Bonchev–Trinajstić information content (AvgIpc) is 3.68. The van der Waals surface area contributed by atoms with Gasteiger partial charge in [0.05, 0.1) is 11.6 Å². The Morgan fingerprint density at radius 3 is 1.79 bits per heavy atom. The van der Waals surface area contributed by atoms with Gasteiger partial charge in [-0.25, -0.2) is 10.0 Å². The molecule has 4 aromatic rings. The molecule has 2 aliphatic carbocycles. The first-order chi connectivity index (χ1) is 24.4. The van der Waals surface area contributed by atoms with Crippen LogP contribution in [0.3, 0.4) is 0 Å². The van der Waals surface area contributed by atoms with E-state index in [1.165, 1.54) is 58.5 Å². The zero-order chi connectivity index (χ0) is 37.4. The van der Waals surface area contributed by atoms with Gasteiger partial charge in [-0.1, -0.05) is 133 Å². The van der Waals surface area contributed by atoms with Crippen molar-refractivity contribution in [3.05, 3.63) is 123 Å². The first-order valence-electron chi connectivity index (χ1n) is 20.0. The summed E-state index contributed by atoms with van der Waals surface area (Å²) in [5, 5.41) is 0.839. The number of unbranched alkanes of at least 4 members (excludes halogenated alkanes) is 3. The molecule has 4 unspecified atom stereocenters.